The van der Waals surface area contributed by atoms with Crippen molar-refractivity contribution in [1.29, 1.82) is 0 Å². The van der Waals surface area contributed by atoms with Gasteiger partial charge in [0.2, 0.25) is 0 Å². The van der Waals surface area contributed by atoms with Crippen LogP contribution in [-0.4, -0.2) is 21.1 Å². The van der Waals surface area contributed by atoms with Crippen molar-refractivity contribution in [2.75, 3.05) is 5.75 Å². The normalized spacial score (nSPS) is 10.9. The lowest BCUT2D eigenvalue weighted by molar-refractivity contribution is 0.391. The summed E-state index contributed by atoms with van der Waals surface area (Å²) in [4.78, 5) is 0. The van der Waals surface area contributed by atoms with Crippen molar-refractivity contribution < 1.29 is 4.52 Å². The Labute approximate surface area is 106 Å². The number of nitrogens with zero attached hydrogens (tertiary/aromatic N) is 3. The lowest BCUT2D eigenvalue weighted by Gasteiger charge is -1.90. The molecular weight excluding hydrogens is 262 g/mol. The van der Waals surface area contributed by atoms with Crippen molar-refractivity contribution in [2.24, 2.45) is 0 Å². The molecule has 2 rings (SSSR count). The van der Waals surface area contributed by atoms with E-state index in [9.17, 15) is 0 Å². The third-order valence-corrected chi connectivity index (χ3v) is 4.76. The van der Waals surface area contributed by atoms with Gasteiger partial charge in [-0.3, -0.25) is 0 Å². The summed E-state index contributed by atoms with van der Waals surface area (Å²) in [5.41, 5.74) is 0.912. The maximum atomic E-state index is 5.12. The standard InChI is InChI=1S/C9H11N3OS3/c1-3-14-8-10-11-9(16-8)15-5-7-4-6(2)12-13-7/h4H,3,5H2,1-2H3. The van der Waals surface area contributed by atoms with Gasteiger partial charge in [0.05, 0.1) is 11.4 Å². The van der Waals surface area contributed by atoms with Crippen LogP contribution in [0.5, 0.6) is 0 Å². The van der Waals surface area contributed by atoms with Crippen LogP contribution in [0, 0.1) is 6.92 Å². The highest BCUT2D eigenvalue weighted by molar-refractivity contribution is 8.02. The van der Waals surface area contributed by atoms with Gasteiger partial charge in [0.25, 0.3) is 0 Å². The van der Waals surface area contributed by atoms with Gasteiger partial charge >= 0.3 is 0 Å². The van der Waals surface area contributed by atoms with E-state index in [4.69, 9.17) is 4.52 Å². The highest BCUT2D eigenvalue weighted by Crippen LogP contribution is 2.30. The topological polar surface area (TPSA) is 51.8 Å². The van der Waals surface area contributed by atoms with Crippen molar-refractivity contribution in [3.05, 3.63) is 17.5 Å². The zero-order valence-corrected chi connectivity index (χ0v) is 11.4. The largest absolute Gasteiger partial charge is 0.360 e. The van der Waals surface area contributed by atoms with Gasteiger partial charge < -0.3 is 4.52 Å². The summed E-state index contributed by atoms with van der Waals surface area (Å²) >= 11 is 4.97. The number of thioether (sulfide) groups is 2. The molecule has 0 spiro atoms. The summed E-state index contributed by atoms with van der Waals surface area (Å²) in [6, 6.07) is 1.94. The Morgan fingerprint density at radius 1 is 1.31 bits per heavy atom. The fourth-order valence-electron chi connectivity index (χ4n) is 1.05. The number of aromatic nitrogens is 3. The average Bonchev–Trinajstić information content (AvgIpc) is 2.85. The first kappa shape index (κ1) is 11.9. The summed E-state index contributed by atoms with van der Waals surface area (Å²) in [7, 11) is 0. The molecule has 0 aliphatic heterocycles. The highest BCUT2D eigenvalue weighted by atomic mass is 32.2. The molecule has 86 valence electrons. The molecule has 0 aromatic carbocycles. The van der Waals surface area contributed by atoms with Crippen LogP contribution in [0.2, 0.25) is 0 Å². The zero-order valence-electron chi connectivity index (χ0n) is 8.97. The Kier molecular flexibility index (Phi) is 4.25. The smallest absolute Gasteiger partial charge is 0.175 e. The highest BCUT2D eigenvalue weighted by Gasteiger charge is 2.07. The molecule has 0 fully saturated rings. The molecule has 0 aliphatic carbocycles. The van der Waals surface area contributed by atoms with Crippen molar-refractivity contribution in [3.8, 4) is 0 Å². The predicted octanol–water partition coefficient (Wildman–Crippen LogP) is 3.24. The summed E-state index contributed by atoms with van der Waals surface area (Å²) in [5, 5.41) is 12.0. The first-order chi connectivity index (χ1) is 7.78. The lowest BCUT2D eigenvalue weighted by atomic mass is 10.4. The third-order valence-electron chi connectivity index (χ3n) is 1.67. The van der Waals surface area contributed by atoms with Crippen molar-refractivity contribution in [2.45, 2.75) is 28.3 Å². The molecule has 2 heterocycles. The first-order valence-electron chi connectivity index (χ1n) is 4.79. The van der Waals surface area contributed by atoms with E-state index >= 15 is 0 Å². The minimum Gasteiger partial charge on any atom is -0.360 e. The van der Waals surface area contributed by atoms with E-state index in [0.29, 0.717) is 0 Å². The molecule has 2 aromatic rings. The SMILES string of the molecule is CCSc1nnc(SCc2cc(C)no2)s1. The van der Waals surface area contributed by atoms with E-state index in [2.05, 4.69) is 22.3 Å². The Morgan fingerprint density at radius 2 is 2.06 bits per heavy atom. The Balaban J connectivity index is 1.89. The maximum Gasteiger partial charge on any atom is 0.175 e. The molecule has 0 amide bonds. The second-order valence-corrected chi connectivity index (χ2v) is 6.70. The number of rotatable bonds is 5. The van der Waals surface area contributed by atoms with Crippen molar-refractivity contribution in [3.63, 3.8) is 0 Å². The lowest BCUT2D eigenvalue weighted by Crippen LogP contribution is -1.75. The molecule has 0 N–H and O–H groups in total. The van der Waals surface area contributed by atoms with Crippen LogP contribution in [0.3, 0.4) is 0 Å². The number of hydrogen-bond donors (Lipinski definition) is 0. The fraction of sp³-hybridized carbons (Fsp3) is 0.444. The van der Waals surface area contributed by atoms with E-state index in [1.807, 2.05) is 13.0 Å². The zero-order chi connectivity index (χ0) is 11.4. The van der Waals surface area contributed by atoms with E-state index in [1.165, 1.54) is 0 Å². The molecule has 4 nitrogen and oxygen atoms in total. The summed E-state index contributed by atoms with van der Waals surface area (Å²) in [6.07, 6.45) is 0. The van der Waals surface area contributed by atoms with Crippen LogP contribution in [-0.2, 0) is 5.75 Å². The quantitative estimate of drug-likeness (QED) is 0.780. The minimum absolute atomic E-state index is 0.756. The molecule has 0 saturated carbocycles. The summed E-state index contributed by atoms with van der Waals surface area (Å²) in [6.45, 7) is 4.02. The fourth-order valence-corrected chi connectivity index (χ4v) is 3.85. The molecular formula is C9H11N3OS3. The van der Waals surface area contributed by atoms with Crippen LogP contribution >= 0.6 is 34.9 Å². The Morgan fingerprint density at radius 3 is 2.69 bits per heavy atom. The molecule has 0 aliphatic rings. The molecule has 0 saturated heterocycles. The van der Waals surface area contributed by atoms with Crippen LogP contribution in [0.4, 0.5) is 0 Å². The second-order valence-electron chi connectivity index (χ2n) is 2.99. The van der Waals surface area contributed by atoms with Gasteiger partial charge in [-0.05, 0) is 12.7 Å². The first-order valence-corrected chi connectivity index (χ1v) is 7.58. The van der Waals surface area contributed by atoms with Gasteiger partial charge in [-0.25, -0.2) is 0 Å². The van der Waals surface area contributed by atoms with Crippen LogP contribution < -0.4 is 0 Å². The van der Waals surface area contributed by atoms with Gasteiger partial charge in [0.15, 0.2) is 8.68 Å². The minimum atomic E-state index is 0.756. The molecule has 0 unspecified atom stereocenters. The molecule has 2 aromatic heterocycles. The monoisotopic (exact) mass is 273 g/mol. The molecule has 0 atom stereocenters. The van der Waals surface area contributed by atoms with Crippen molar-refractivity contribution in [1.82, 2.24) is 15.4 Å². The average molecular weight is 273 g/mol. The van der Waals surface area contributed by atoms with E-state index in [1.54, 1.807) is 34.9 Å². The third kappa shape index (κ3) is 3.23. The van der Waals surface area contributed by atoms with Gasteiger partial charge in [-0.15, -0.1) is 10.2 Å². The maximum absolute atomic E-state index is 5.12. The van der Waals surface area contributed by atoms with Gasteiger partial charge in [-0.1, -0.05) is 46.9 Å². The van der Waals surface area contributed by atoms with Crippen LogP contribution in [0.25, 0.3) is 0 Å². The Hall–Kier alpha value is -0.530. The molecule has 16 heavy (non-hydrogen) atoms. The van der Waals surface area contributed by atoms with Gasteiger partial charge in [0, 0.05) is 6.07 Å². The summed E-state index contributed by atoms with van der Waals surface area (Å²) < 4.78 is 7.12. The summed E-state index contributed by atoms with van der Waals surface area (Å²) in [5.74, 6) is 2.66. The van der Waals surface area contributed by atoms with Gasteiger partial charge in [0.1, 0.15) is 5.76 Å². The molecule has 0 bridgehead atoms. The van der Waals surface area contributed by atoms with Crippen LogP contribution in [0.15, 0.2) is 19.3 Å². The van der Waals surface area contributed by atoms with E-state index in [0.717, 1.165) is 31.6 Å². The number of aryl methyl sites for hydroxylation is 1. The van der Waals surface area contributed by atoms with Crippen LogP contribution in [0.1, 0.15) is 18.4 Å². The van der Waals surface area contributed by atoms with Crippen molar-refractivity contribution >= 4 is 34.9 Å². The van der Waals surface area contributed by atoms with Gasteiger partial charge in [-0.2, -0.15) is 0 Å². The predicted molar refractivity (Wildman–Crippen MR) is 67.1 cm³/mol. The number of hydrogen-bond acceptors (Lipinski definition) is 7. The van der Waals surface area contributed by atoms with E-state index in [-0.39, 0.29) is 0 Å². The Bertz CT molecular complexity index is 454. The molecule has 0 radical (unpaired) electrons. The van der Waals surface area contributed by atoms with E-state index < -0.39 is 0 Å². The second kappa shape index (κ2) is 5.70. The molecule has 7 heteroatoms.